The summed E-state index contributed by atoms with van der Waals surface area (Å²) in [4.78, 5) is 0. The standard InChI is InChI=1S/C19H24/c1-4-8-16(5-2)18-9-6-7-10-19(18)17-13-11-15(3)12-14-17/h6-7,9-14,16H,4-5,8H2,1-3H3. The molecule has 2 aromatic rings. The van der Waals surface area contributed by atoms with E-state index in [0.717, 1.165) is 0 Å². The molecule has 19 heavy (non-hydrogen) atoms. The van der Waals surface area contributed by atoms with E-state index in [0.29, 0.717) is 5.92 Å². The highest BCUT2D eigenvalue weighted by atomic mass is 14.2. The third kappa shape index (κ3) is 3.26. The van der Waals surface area contributed by atoms with Crippen molar-refractivity contribution < 1.29 is 0 Å². The van der Waals surface area contributed by atoms with Gasteiger partial charge in [-0.3, -0.25) is 0 Å². The van der Waals surface area contributed by atoms with Crippen LogP contribution in [0.1, 0.15) is 50.2 Å². The van der Waals surface area contributed by atoms with Crippen LogP contribution >= 0.6 is 0 Å². The molecular formula is C19H24. The summed E-state index contributed by atoms with van der Waals surface area (Å²) in [7, 11) is 0. The Hall–Kier alpha value is -1.56. The third-order valence-corrected chi connectivity index (χ3v) is 3.89. The lowest BCUT2D eigenvalue weighted by atomic mass is 9.86. The molecule has 0 aliphatic carbocycles. The summed E-state index contributed by atoms with van der Waals surface area (Å²) in [5.41, 5.74) is 5.58. The van der Waals surface area contributed by atoms with Gasteiger partial charge >= 0.3 is 0 Å². The van der Waals surface area contributed by atoms with Gasteiger partial charge in [-0.15, -0.1) is 0 Å². The van der Waals surface area contributed by atoms with Crippen molar-refractivity contribution in [3.63, 3.8) is 0 Å². The van der Waals surface area contributed by atoms with Crippen molar-refractivity contribution in [2.75, 3.05) is 0 Å². The van der Waals surface area contributed by atoms with Gasteiger partial charge in [-0.25, -0.2) is 0 Å². The van der Waals surface area contributed by atoms with E-state index < -0.39 is 0 Å². The van der Waals surface area contributed by atoms with Crippen LogP contribution in [0.25, 0.3) is 11.1 Å². The van der Waals surface area contributed by atoms with E-state index in [9.17, 15) is 0 Å². The average Bonchev–Trinajstić information content (AvgIpc) is 2.46. The fourth-order valence-electron chi connectivity index (χ4n) is 2.78. The summed E-state index contributed by atoms with van der Waals surface area (Å²) >= 11 is 0. The van der Waals surface area contributed by atoms with E-state index in [-0.39, 0.29) is 0 Å². The van der Waals surface area contributed by atoms with Gasteiger partial charge in [0.05, 0.1) is 0 Å². The largest absolute Gasteiger partial charge is 0.0654 e. The van der Waals surface area contributed by atoms with Crippen LogP contribution in [0.5, 0.6) is 0 Å². The fourth-order valence-corrected chi connectivity index (χ4v) is 2.78. The van der Waals surface area contributed by atoms with Crippen molar-refractivity contribution in [3.05, 3.63) is 59.7 Å². The van der Waals surface area contributed by atoms with Gasteiger partial charge in [-0.05, 0) is 42.4 Å². The molecule has 0 heteroatoms. The minimum Gasteiger partial charge on any atom is -0.0654 e. The van der Waals surface area contributed by atoms with Gasteiger partial charge in [0.2, 0.25) is 0 Å². The lowest BCUT2D eigenvalue weighted by molar-refractivity contribution is 0.597. The second kappa shape index (κ2) is 6.56. The van der Waals surface area contributed by atoms with Crippen molar-refractivity contribution in [1.29, 1.82) is 0 Å². The van der Waals surface area contributed by atoms with Crippen LogP contribution in [0.3, 0.4) is 0 Å². The van der Waals surface area contributed by atoms with E-state index >= 15 is 0 Å². The number of rotatable bonds is 5. The summed E-state index contributed by atoms with van der Waals surface area (Å²) in [5, 5.41) is 0. The van der Waals surface area contributed by atoms with Crippen LogP contribution in [0.2, 0.25) is 0 Å². The van der Waals surface area contributed by atoms with Crippen LogP contribution in [-0.2, 0) is 0 Å². The van der Waals surface area contributed by atoms with Gasteiger partial charge in [-0.2, -0.15) is 0 Å². The van der Waals surface area contributed by atoms with Crippen molar-refractivity contribution in [3.8, 4) is 11.1 Å². The zero-order valence-electron chi connectivity index (χ0n) is 12.3. The summed E-state index contributed by atoms with van der Waals surface area (Å²) in [6.07, 6.45) is 3.75. The molecule has 0 bridgehead atoms. The first kappa shape index (κ1) is 13.9. The first-order valence-electron chi connectivity index (χ1n) is 7.42. The van der Waals surface area contributed by atoms with Crippen molar-refractivity contribution in [1.82, 2.24) is 0 Å². The molecule has 0 N–H and O–H groups in total. The Labute approximate surface area is 117 Å². The second-order valence-corrected chi connectivity index (χ2v) is 5.35. The van der Waals surface area contributed by atoms with Crippen molar-refractivity contribution >= 4 is 0 Å². The quantitative estimate of drug-likeness (QED) is 0.616. The van der Waals surface area contributed by atoms with Gasteiger partial charge in [0.1, 0.15) is 0 Å². The molecule has 0 saturated carbocycles. The zero-order chi connectivity index (χ0) is 13.7. The molecule has 1 atom stereocenters. The number of hydrogen-bond acceptors (Lipinski definition) is 0. The molecule has 0 fully saturated rings. The maximum atomic E-state index is 2.30. The minimum atomic E-state index is 0.683. The van der Waals surface area contributed by atoms with Crippen molar-refractivity contribution in [2.45, 2.75) is 46.0 Å². The first-order valence-corrected chi connectivity index (χ1v) is 7.42. The maximum absolute atomic E-state index is 2.30. The van der Waals surface area contributed by atoms with E-state index in [4.69, 9.17) is 0 Å². The van der Waals surface area contributed by atoms with Crippen molar-refractivity contribution in [2.24, 2.45) is 0 Å². The summed E-state index contributed by atoms with van der Waals surface area (Å²) in [6.45, 7) is 6.71. The summed E-state index contributed by atoms with van der Waals surface area (Å²) in [5.74, 6) is 0.683. The predicted octanol–water partition coefficient (Wildman–Crippen LogP) is 5.96. The van der Waals surface area contributed by atoms with Crippen LogP contribution < -0.4 is 0 Å². The molecule has 2 aromatic carbocycles. The number of hydrogen-bond donors (Lipinski definition) is 0. The lowest BCUT2D eigenvalue weighted by Gasteiger charge is -2.19. The Kier molecular flexibility index (Phi) is 4.79. The molecule has 0 amide bonds. The first-order chi connectivity index (χ1) is 9.26. The highest BCUT2D eigenvalue weighted by Gasteiger charge is 2.13. The summed E-state index contributed by atoms with van der Waals surface area (Å²) in [6, 6.07) is 17.8. The highest BCUT2D eigenvalue weighted by molar-refractivity contribution is 5.68. The normalized spacial score (nSPS) is 12.4. The smallest absolute Gasteiger partial charge is 0.0149 e. The van der Waals surface area contributed by atoms with Gasteiger partial charge in [-0.1, -0.05) is 74.4 Å². The molecule has 0 aromatic heterocycles. The summed E-state index contributed by atoms with van der Waals surface area (Å²) < 4.78 is 0. The Morgan fingerprint density at radius 2 is 1.58 bits per heavy atom. The zero-order valence-corrected chi connectivity index (χ0v) is 12.3. The molecule has 0 aliphatic rings. The third-order valence-electron chi connectivity index (χ3n) is 3.89. The monoisotopic (exact) mass is 252 g/mol. The maximum Gasteiger partial charge on any atom is -0.0149 e. The van der Waals surface area contributed by atoms with Gasteiger partial charge in [0, 0.05) is 0 Å². The Morgan fingerprint density at radius 3 is 2.21 bits per heavy atom. The Morgan fingerprint density at radius 1 is 0.895 bits per heavy atom. The Bertz CT molecular complexity index is 508. The second-order valence-electron chi connectivity index (χ2n) is 5.35. The lowest BCUT2D eigenvalue weighted by Crippen LogP contribution is -1.99. The van der Waals surface area contributed by atoms with Gasteiger partial charge in [0.25, 0.3) is 0 Å². The van der Waals surface area contributed by atoms with E-state index in [1.807, 2.05) is 0 Å². The molecule has 0 nitrogen and oxygen atoms in total. The van der Waals surface area contributed by atoms with Crippen LogP contribution in [0, 0.1) is 6.92 Å². The molecule has 1 unspecified atom stereocenters. The van der Waals surface area contributed by atoms with Gasteiger partial charge < -0.3 is 0 Å². The highest BCUT2D eigenvalue weighted by Crippen LogP contribution is 2.33. The van der Waals surface area contributed by atoms with Crippen LogP contribution in [0.4, 0.5) is 0 Å². The molecular weight excluding hydrogens is 228 g/mol. The molecule has 0 radical (unpaired) electrons. The van der Waals surface area contributed by atoms with Crippen LogP contribution in [0.15, 0.2) is 48.5 Å². The molecule has 0 spiro atoms. The van der Waals surface area contributed by atoms with E-state index in [2.05, 4.69) is 69.3 Å². The van der Waals surface area contributed by atoms with E-state index in [1.54, 1.807) is 0 Å². The van der Waals surface area contributed by atoms with Crippen LogP contribution in [-0.4, -0.2) is 0 Å². The van der Waals surface area contributed by atoms with E-state index in [1.165, 1.54) is 41.5 Å². The fraction of sp³-hybridized carbons (Fsp3) is 0.368. The minimum absolute atomic E-state index is 0.683. The van der Waals surface area contributed by atoms with Gasteiger partial charge in [0.15, 0.2) is 0 Å². The topological polar surface area (TPSA) is 0 Å². The molecule has 0 heterocycles. The Balaban J connectivity index is 2.42. The molecule has 0 aliphatic heterocycles. The number of benzene rings is 2. The number of aryl methyl sites for hydroxylation is 1. The molecule has 2 rings (SSSR count). The average molecular weight is 252 g/mol. The SMILES string of the molecule is CCCC(CC)c1ccccc1-c1ccc(C)cc1. The molecule has 100 valence electrons. The molecule has 0 saturated heterocycles. The predicted molar refractivity (Wildman–Crippen MR) is 84.6 cm³/mol.